The zero-order valence-corrected chi connectivity index (χ0v) is 11.0. The van der Waals surface area contributed by atoms with E-state index in [2.05, 4.69) is 10.4 Å². The van der Waals surface area contributed by atoms with Crippen LogP contribution in [0.1, 0.15) is 29.0 Å². The van der Waals surface area contributed by atoms with Crippen LogP contribution in [-0.2, 0) is 7.05 Å². The van der Waals surface area contributed by atoms with Crippen LogP contribution >= 0.6 is 0 Å². The minimum Gasteiger partial charge on any atom is -0.396 e. The lowest BCUT2D eigenvalue weighted by Crippen LogP contribution is -2.29. The van der Waals surface area contributed by atoms with Crippen molar-refractivity contribution in [1.82, 2.24) is 15.1 Å². The number of anilines is 1. The van der Waals surface area contributed by atoms with Gasteiger partial charge in [0.15, 0.2) is 5.69 Å². The Hall–Kier alpha value is -2.44. The van der Waals surface area contributed by atoms with Crippen LogP contribution in [0.5, 0.6) is 0 Å². The van der Waals surface area contributed by atoms with E-state index in [1.54, 1.807) is 7.05 Å². The molecule has 1 aromatic carbocycles. The minimum absolute atomic E-state index is 0.0242. The topological polar surface area (TPSA) is 72.9 Å². The number of hydrogen-bond donors (Lipinski definition) is 2. The van der Waals surface area contributed by atoms with Gasteiger partial charge in [0.05, 0.1) is 11.7 Å². The second-order valence-electron chi connectivity index (χ2n) is 4.44. The third-order valence-electron chi connectivity index (χ3n) is 2.85. The first-order chi connectivity index (χ1) is 9.40. The van der Waals surface area contributed by atoms with Gasteiger partial charge in [0.25, 0.3) is 5.91 Å². The second kappa shape index (κ2) is 5.28. The molecule has 0 aliphatic carbocycles. The van der Waals surface area contributed by atoms with E-state index in [0.717, 1.165) is 12.1 Å². The van der Waals surface area contributed by atoms with Gasteiger partial charge in [0, 0.05) is 18.8 Å². The maximum atomic E-state index is 13.6. The van der Waals surface area contributed by atoms with E-state index in [9.17, 15) is 13.6 Å². The molecule has 2 aromatic rings. The van der Waals surface area contributed by atoms with Gasteiger partial charge in [0.1, 0.15) is 11.6 Å². The molecule has 0 aliphatic rings. The molecule has 1 amide bonds. The fourth-order valence-corrected chi connectivity index (χ4v) is 1.94. The first-order valence-electron chi connectivity index (χ1n) is 5.94. The molecule has 7 heteroatoms. The molecule has 0 bridgehead atoms. The number of aryl methyl sites for hydroxylation is 1. The van der Waals surface area contributed by atoms with E-state index in [0.29, 0.717) is 0 Å². The first kappa shape index (κ1) is 14.0. The maximum absolute atomic E-state index is 13.6. The van der Waals surface area contributed by atoms with Gasteiger partial charge in [-0.2, -0.15) is 5.10 Å². The number of hydrogen-bond acceptors (Lipinski definition) is 3. The van der Waals surface area contributed by atoms with Crippen molar-refractivity contribution in [3.63, 3.8) is 0 Å². The molecule has 5 nitrogen and oxygen atoms in total. The summed E-state index contributed by atoms with van der Waals surface area (Å²) < 4.78 is 28.6. The third-order valence-corrected chi connectivity index (χ3v) is 2.85. The van der Waals surface area contributed by atoms with E-state index >= 15 is 0 Å². The normalized spacial score (nSPS) is 12.2. The van der Waals surface area contributed by atoms with Crippen LogP contribution in [0.4, 0.5) is 14.5 Å². The Bertz CT molecular complexity index is 634. The monoisotopic (exact) mass is 280 g/mol. The quantitative estimate of drug-likeness (QED) is 0.900. The molecule has 3 N–H and O–H groups in total. The lowest BCUT2D eigenvalue weighted by Gasteiger charge is -2.15. The Morgan fingerprint density at radius 1 is 1.40 bits per heavy atom. The molecule has 20 heavy (non-hydrogen) atoms. The average molecular weight is 280 g/mol. The SMILES string of the molecule is CC(NC(=O)c1nn(C)cc1N)c1c(F)cccc1F. The Labute approximate surface area is 114 Å². The summed E-state index contributed by atoms with van der Waals surface area (Å²) in [6.45, 7) is 1.48. The molecule has 0 saturated heterocycles. The Kier molecular flexibility index (Phi) is 3.69. The molecule has 0 spiro atoms. The summed E-state index contributed by atoms with van der Waals surface area (Å²) in [5, 5.41) is 6.37. The first-order valence-corrected chi connectivity index (χ1v) is 5.94. The molecule has 1 unspecified atom stereocenters. The number of nitrogens with zero attached hydrogens (tertiary/aromatic N) is 2. The summed E-state index contributed by atoms with van der Waals surface area (Å²) in [6, 6.07) is 2.69. The van der Waals surface area contributed by atoms with Crippen molar-refractivity contribution in [2.45, 2.75) is 13.0 Å². The lowest BCUT2D eigenvalue weighted by atomic mass is 10.1. The molecular formula is C13H14F2N4O. The van der Waals surface area contributed by atoms with Crippen LogP contribution in [0.15, 0.2) is 24.4 Å². The zero-order chi connectivity index (χ0) is 14.9. The highest BCUT2D eigenvalue weighted by atomic mass is 19.1. The molecule has 106 valence electrons. The highest BCUT2D eigenvalue weighted by Crippen LogP contribution is 2.21. The molecule has 1 atom stereocenters. The van der Waals surface area contributed by atoms with Gasteiger partial charge < -0.3 is 11.1 Å². The van der Waals surface area contributed by atoms with Gasteiger partial charge in [-0.25, -0.2) is 8.78 Å². The summed E-state index contributed by atoms with van der Waals surface area (Å²) >= 11 is 0. The van der Waals surface area contributed by atoms with E-state index in [4.69, 9.17) is 5.73 Å². The van der Waals surface area contributed by atoms with Crippen LogP contribution in [0.25, 0.3) is 0 Å². The lowest BCUT2D eigenvalue weighted by molar-refractivity contribution is 0.0934. The van der Waals surface area contributed by atoms with Crippen molar-refractivity contribution in [3.8, 4) is 0 Å². The number of nitrogens with two attached hydrogens (primary N) is 1. The number of nitrogens with one attached hydrogen (secondary N) is 1. The zero-order valence-electron chi connectivity index (χ0n) is 11.0. The second-order valence-corrected chi connectivity index (χ2v) is 4.44. The van der Waals surface area contributed by atoms with Crippen LogP contribution in [0, 0.1) is 11.6 Å². The van der Waals surface area contributed by atoms with E-state index in [-0.39, 0.29) is 16.9 Å². The molecule has 1 heterocycles. The number of nitrogen functional groups attached to an aromatic ring is 1. The summed E-state index contributed by atoms with van der Waals surface area (Å²) in [7, 11) is 1.62. The maximum Gasteiger partial charge on any atom is 0.274 e. The average Bonchev–Trinajstić information content (AvgIpc) is 2.68. The van der Waals surface area contributed by atoms with Crippen molar-refractivity contribution >= 4 is 11.6 Å². The summed E-state index contributed by atoms with van der Waals surface area (Å²) in [5.74, 6) is -2.02. The minimum atomic E-state index is -0.842. The predicted molar refractivity (Wildman–Crippen MR) is 69.9 cm³/mol. The fraction of sp³-hybridized carbons (Fsp3) is 0.231. The van der Waals surface area contributed by atoms with Gasteiger partial charge in [-0.15, -0.1) is 0 Å². The molecule has 0 aliphatic heterocycles. The number of aromatic nitrogens is 2. The van der Waals surface area contributed by atoms with Gasteiger partial charge in [-0.3, -0.25) is 9.48 Å². The van der Waals surface area contributed by atoms with Crippen LogP contribution in [-0.4, -0.2) is 15.7 Å². The predicted octanol–water partition coefficient (Wildman–Crippen LogP) is 1.77. The molecular weight excluding hydrogens is 266 g/mol. The largest absolute Gasteiger partial charge is 0.396 e. The molecule has 2 rings (SSSR count). The van der Waals surface area contributed by atoms with Crippen molar-refractivity contribution < 1.29 is 13.6 Å². The number of amides is 1. The number of rotatable bonds is 3. The highest BCUT2D eigenvalue weighted by molar-refractivity contribution is 5.97. The Balaban J connectivity index is 2.22. The van der Waals surface area contributed by atoms with Crippen molar-refractivity contribution in [3.05, 3.63) is 47.3 Å². The summed E-state index contributed by atoms with van der Waals surface area (Å²) in [6.07, 6.45) is 1.48. The number of carbonyl (C=O) groups is 1. The van der Waals surface area contributed by atoms with Gasteiger partial charge in [0.2, 0.25) is 0 Å². The Morgan fingerprint density at radius 3 is 2.50 bits per heavy atom. The number of halogens is 2. The Morgan fingerprint density at radius 2 is 2.00 bits per heavy atom. The van der Waals surface area contributed by atoms with Crippen molar-refractivity contribution in [2.24, 2.45) is 7.05 Å². The molecule has 0 fully saturated rings. The van der Waals surface area contributed by atoms with Gasteiger partial charge in [-0.05, 0) is 19.1 Å². The van der Waals surface area contributed by atoms with Crippen molar-refractivity contribution in [2.75, 3.05) is 5.73 Å². The fourth-order valence-electron chi connectivity index (χ4n) is 1.94. The molecule has 0 radical (unpaired) electrons. The van der Waals surface area contributed by atoms with Crippen LogP contribution in [0.3, 0.4) is 0 Å². The standard InChI is InChI=1S/C13H14F2N4O/c1-7(11-8(14)4-3-5-9(11)15)17-13(20)12-10(16)6-19(2)18-12/h3-7H,16H2,1-2H3,(H,17,20). The highest BCUT2D eigenvalue weighted by Gasteiger charge is 2.21. The van der Waals surface area contributed by atoms with E-state index in [1.807, 2.05) is 0 Å². The summed E-state index contributed by atoms with van der Waals surface area (Å²) in [4.78, 5) is 12.0. The third kappa shape index (κ3) is 2.61. The van der Waals surface area contributed by atoms with Crippen molar-refractivity contribution in [1.29, 1.82) is 0 Å². The van der Waals surface area contributed by atoms with Crippen LogP contribution in [0.2, 0.25) is 0 Å². The van der Waals surface area contributed by atoms with E-state index in [1.165, 1.54) is 23.9 Å². The van der Waals surface area contributed by atoms with Crippen LogP contribution < -0.4 is 11.1 Å². The molecule has 0 saturated carbocycles. The number of carbonyl (C=O) groups excluding carboxylic acids is 1. The number of benzene rings is 1. The van der Waals surface area contributed by atoms with E-state index < -0.39 is 23.6 Å². The molecule has 1 aromatic heterocycles. The van der Waals surface area contributed by atoms with Gasteiger partial charge in [-0.1, -0.05) is 6.07 Å². The summed E-state index contributed by atoms with van der Waals surface area (Å²) in [5.41, 5.74) is 5.65. The van der Waals surface area contributed by atoms with Gasteiger partial charge >= 0.3 is 0 Å². The smallest absolute Gasteiger partial charge is 0.274 e.